The van der Waals surface area contributed by atoms with Gasteiger partial charge in [-0.1, -0.05) is 18.7 Å². The Morgan fingerprint density at radius 3 is 3.00 bits per heavy atom. The van der Waals surface area contributed by atoms with Crippen LogP contribution in [0.3, 0.4) is 0 Å². The van der Waals surface area contributed by atoms with Crippen LogP contribution in [0.2, 0.25) is 0 Å². The van der Waals surface area contributed by atoms with Gasteiger partial charge in [-0.15, -0.1) is 0 Å². The summed E-state index contributed by atoms with van der Waals surface area (Å²) in [6, 6.07) is 0. The number of rotatable bonds is 1. The summed E-state index contributed by atoms with van der Waals surface area (Å²) in [5, 5.41) is 0. The summed E-state index contributed by atoms with van der Waals surface area (Å²) in [6.07, 6.45) is 4.58. The fraction of sp³-hybridized carbons (Fsp3) is 0.273. The van der Waals surface area contributed by atoms with Crippen molar-refractivity contribution in [2.45, 2.75) is 13.2 Å². The van der Waals surface area contributed by atoms with E-state index >= 15 is 0 Å². The SMILES string of the molecule is C=C1C=CCO[C@@H]1n1cc(C)c(=O)[nH]c1=O. The Morgan fingerprint density at radius 2 is 2.31 bits per heavy atom. The lowest BCUT2D eigenvalue weighted by atomic mass is 10.2. The highest BCUT2D eigenvalue weighted by atomic mass is 16.5. The molecule has 0 bridgehead atoms. The van der Waals surface area contributed by atoms with Crippen molar-refractivity contribution in [3.63, 3.8) is 0 Å². The third kappa shape index (κ3) is 1.77. The zero-order valence-electron chi connectivity index (χ0n) is 8.90. The van der Waals surface area contributed by atoms with E-state index in [1.165, 1.54) is 10.8 Å². The van der Waals surface area contributed by atoms with E-state index in [0.717, 1.165) is 0 Å². The van der Waals surface area contributed by atoms with Gasteiger partial charge in [-0.2, -0.15) is 0 Å². The Labute approximate surface area is 91.7 Å². The molecule has 1 N–H and O–H groups in total. The number of nitrogens with zero attached hydrogens (tertiary/aromatic N) is 1. The van der Waals surface area contributed by atoms with Crippen LogP contribution in [0.1, 0.15) is 11.8 Å². The largest absolute Gasteiger partial charge is 0.349 e. The molecule has 0 saturated carbocycles. The lowest BCUT2D eigenvalue weighted by Crippen LogP contribution is -2.35. The minimum Gasteiger partial charge on any atom is -0.349 e. The van der Waals surface area contributed by atoms with Crippen LogP contribution in [-0.4, -0.2) is 16.2 Å². The third-order valence-corrected chi connectivity index (χ3v) is 2.40. The summed E-state index contributed by atoms with van der Waals surface area (Å²) in [5.74, 6) is 0. The van der Waals surface area contributed by atoms with E-state index in [1.54, 1.807) is 13.0 Å². The molecule has 0 fully saturated rings. The number of hydrogen-bond acceptors (Lipinski definition) is 3. The maximum absolute atomic E-state index is 11.6. The van der Waals surface area contributed by atoms with Crippen molar-refractivity contribution in [1.82, 2.24) is 9.55 Å². The van der Waals surface area contributed by atoms with Gasteiger partial charge in [-0.3, -0.25) is 14.3 Å². The van der Waals surface area contributed by atoms with E-state index in [2.05, 4.69) is 11.6 Å². The highest BCUT2D eigenvalue weighted by Crippen LogP contribution is 2.20. The first-order chi connectivity index (χ1) is 7.59. The number of ether oxygens (including phenoxy) is 1. The van der Waals surface area contributed by atoms with Crippen molar-refractivity contribution in [3.05, 3.63) is 56.9 Å². The predicted octanol–water partition coefficient (Wildman–Crippen LogP) is 0.486. The summed E-state index contributed by atoms with van der Waals surface area (Å²) in [4.78, 5) is 25.0. The summed E-state index contributed by atoms with van der Waals surface area (Å²) < 4.78 is 6.74. The van der Waals surface area contributed by atoms with Crippen LogP contribution in [-0.2, 0) is 4.74 Å². The summed E-state index contributed by atoms with van der Waals surface area (Å²) >= 11 is 0. The number of aromatic amines is 1. The van der Waals surface area contributed by atoms with Crippen molar-refractivity contribution >= 4 is 0 Å². The normalized spacial score (nSPS) is 20.1. The van der Waals surface area contributed by atoms with Crippen molar-refractivity contribution in [2.24, 2.45) is 0 Å². The number of hydrogen-bond donors (Lipinski definition) is 1. The van der Waals surface area contributed by atoms with Crippen molar-refractivity contribution in [3.8, 4) is 0 Å². The van der Waals surface area contributed by atoms with Crippen LogP contribution in [0.4, 0.5) is 0 Å². The van der Waals surface area contributed by atoms with Crippen molar-refractivity contribution in [1.29, 1.82) is 0 Å². The van der Waals surface area contributed by atoms with Crippen LogP contribution in [0, 0.1) is 6.92 Å². The van der Waals surface area contributed by atoms with Crippen molar-refractivity contribution < 1.29 is 4.74 Å². The minimum absolute atomic E-state index is 0.377. The molecule has 0 amide bonds. The van der Waals surface area contributed by atoms with E-state index in [1.807, 2.05) is 6.08 Å². The first-order valence-corrected chi connectivity index (χ1v) is 4.88. The van der Waals surface area contributed by atoms with Crippen LogP contribution < -0.4 is 11.2 Å². The molecule has 2 rings (SSSR count). The van der Waals surface area contributed by atoms with Gasteiger partial charge in [0, 0.05) is 11.8 Å². The Hall–Kier alpha value is -1.88. The Balaban J connectivity index is 2.52. The fourth-order valence-corrected chi connectivity index (χ4v) is 1.55. The first kappa shape index (κ1) is 10.6. The lowest BCUT2D eigenvalue weighted by Gasteiger charge is -2.23. The molecule has 1 atom stereocenters. The number of nitrogens with one attached hydrogen (secondary N) is 1. The van der Waals surface area contributed by atoms with Crippen molar-refractivity contribution in [2.75, 3.05) is 6.61 Å². The lowest BCUT2D eigenvalue weighted by molar-refractivity contribution is 0.0417. The van der Waals surface area contributed by atoms with Gasteiger partial charge in [0.25, 0.3) is 5.56 Å². The number of aromatic nitrogens is 2. The molecular formula is C11H12N2O3. The van der Waals surface area contributed by atoms with Gasteiger partial charge in [0.1, 0.15) is 0 Å². The van der Waals surface area contributed by atoms with Gasteiger partial charge in [0.15, 0.2) is 6.23 Å². The molecule has 1 aromatic heterocycles. The van der Waals surface area contributed by atoms with Gasteiger partial charge in [0.2, 0.25) is 0 Å². The topological polar surface area (TPSA) is 64.1 Å². The molecule has 0 aromatic carbocycles. The molecule has 5 heteroatoms. The van der Waals surface area contributed by atoms with Gasteiger partial charge >= 0.3 is 5.69 Å². The Kier molecular flexibility index (Phi) is 2.62. The molecule has 0 saturated heterocycles. The molecular weight excluding hydrogens is 208 g/mol. The molecule has 1 aliphatic rings. The van der Waals surface area contributed by atoms with Crippen LogP contribution >= 0.6 is 0 Å². The summed E-state index contributed by atoms with van der Waals surface area (Å²) in [5.41, 5.74) is 0.278. The fourth-order valence-electron chi connectivity index (χ4n) is 1.55. The maximum Gasteiger partial charge on any atom is 0.330 e. The second kappa shape index (κ2) is 3.94. The van der Waals surface area contributed by atoms with E-state index in [-0.39, 0.29) is 5.56 Å². The zero-order chi connectivity index (χ0) is 11.7. The van der Waals surface area contributed by atoms with E-state index in [9.17, 15) is 9.59 Å². The van der Waals surface area contributed by atoms with Crippen LogP contribution in [0.15, 0.2) is 40.1 Å². The average Bonchev–Trinajstić information content (AvgIpc) is 2.25. The van der Waals surface area contributed by atoms with Crippen LogP contribution in [0.25, 0.3) is 0 Å². The minimum atomic E-state index is -0.534. The highest BCUT2D eigenvalue weighted by Gasteiger charge is 2.18. The Bertz CT molecular complexity index is 565. The molecule has 1 aliphatic heterocycles. The molecule has 16 heavy (non-hydrogen) atoms. The average molecular weight is 220 g/mol. The monoisotopic (exact) mass is 220 g/mol. The molecule has 0 spiro atoms. The molecule has 1 aromatic rings. The van der Waals surface area contributed by atoms with Gasteiger partial charge in [0.05, 0.1) is 6.61 Å². The zero-order valence-corrected chi connectivity index (χ0v) is 8.90. The molecule has 2 heterocycles. The standard InChI is InChI=1S/C11H12N2O3/c1-7-4-3-5-16-10(7)13-6-8(2)9(14)12-11(13)15/h3-4,6,10H,1,5H2,2H3,(H,12,14,15)/t10-/m0/s1. The number of aryl methyl sites for hydroxylation is 1. The molecule has 0 unspecified atom stereocenters. The number of H-pyrrole nitrogens is 1. The second-order valence-corrected chi connectivity index (χ2v) is 3.64. The summed E-state index contributed by atoms with van der Waals surface area (Å²) in [6.45, 7) is 5.86. The molecule has 84 valence electrons. The highest BCUT2D eigenvalue weighted by molar-refractivity contribution is 5.21. The quantitative estimate of drug-likeness (QED) is 0.749. The first-order valence-electron chi connectivity index (χ1n) is 4.88. The van der Waals surface area contributed by atoms with Gasteiger partial charge in [-0.25, -0.2) is 4.79 Å². The van der Waals surface area contributed by atoms with E-state index in [0.29, 0.717) is 17.7 Å². The second-order valence-electron chi connectivity index (χ2n) is 3.64. The molecule has 5 nitrogen and oxygen atoms in total. The third-order valence-electron chi connectivity index (χ3n) is 2.40. The summed E-state index contributed by atoms with van der Waals surface area (Å²) in [7, 11) is 0. The van der Waals surface area contributed by atoms with Crippen LogP contribution in [0.5, 0.6) is 0 Å². The van der Waals surface area contributed by atoms with Gasteiger partial charge < -0.3 is 4.74 Å². The van der Waals surface area contributed by atoms with E-state index < -0.39 is 11.9 Å². The molecule has 0 aliphatic carbocycles. The maximum atomic E-state index is 11.6. The smallest absolute Gasteiger partial charge is 0.330 e. The predicted molar refractivity (Wildman–Crippen MR) is 59.3 cm³/mol. The van der Waals surface area contributed by atoms with E-state index in [4.69, 9.17) is 4.74 Å². The molecule has 0 radical (unpaired) electrons. The Morgan fingerprint density at radius 1 is 1.56 bits per heavy atom. The van der Waals surface area contributed by atoms with Gasteiger partial charge in [-0.05, 0) is 12.5 Å².